The van der Waals surface area contributed by atoms with E-state index in [0.717, 1.165) is 0 Å². The first-order chi connectivity index (χ1) is 17.3. The Hall–Kier alpha value is -3.01. The number of rotatable bonds is 5. The highest BCUT2D eigenvalue weighted by atomic mass is 16.7. The van der Waals surface area contributed by atoms with Crippen LogP contribution in [-0.4, -0.2) is 61.9 Å². The number of aryl methyl sites for hydroxylation is 1. The van der Waals surface area contributed by atoms with Crippen molar-refractivity contribution in [1.82, 2.24) is 9.55 Å². The van der Waals surface area contributed by atoms with Gasteiger partial charge in [-0.1, -0.05) is 32.1 Å². The minimum absolute atomic E-state index is 0.0534. The summed E-state index contributed by atoms with van der Waals surface area (Å²) in [6.07, 6.45) is 13.9. The van der Waals surface area contributed by atoms with Crippen LogP contribution < -0.4 is 0 Å². The Morgan fingerprint density at radius 1 is 1.24 bits per heavy atom. The first-order valence-corrected chi connectivity index (χ1v) is 12.5. The van der Waals surface area contributed by atoms with Gasteiger partial charge in [0, 0.05) is 25.2 Å². The molecule has 0 saturated heterocycles. The number of carbonyl (C=O) groups excluding carboxylic acids is 2. The molecule has 1 aromatic heterocycles. The topological polar surface area (TPSA) is 120 Å². The fourth-order valence-corrected chi connectivity index (χ4v) is 5.62. The SMILES string of the molecule is COC(=O)/C1=C/[C@@H]2[C@@H](C(C)C)C=C[C@](C)(O)[C@@H]2C[C@H](OC(=O)/C=C/c2cn(C)cn2)[C@]2(C)C=C[C@@]1(O)O2. The average Bonchev–Trinajstić information content (AvgIpc) is 3.39. The Bertz CT molecular complexity index is 1180. The number of imidazole rings is 1. The minimum atomic E-state index is -2.08. The molecule has 4 rings (SSSR count). The van der Waals surface area contributed by atoms with Crippen LogP contribution in [0.4, 0.5) is 0 Å². The number of hydrogen-bond acceptors (Lipinski definition) is 8. The molecule has 0 amide bonds. The summed E-state index contributed by atoms with van der Waals surface area (Å²) in [5, 5.41) is 23.0. The van der Waals surface area contributed by atoms with Crippen LogP contribution in [0.3, 0.4) is 0 Å². The first kappa shape index (κ1) is 27.0. The van der Waals surface area contributed by atoms with Crippen molar-refractivity contribution in [3.63, 3.8) is 0 Å². The minimum Gasteiger partial charge on any atom is -0.466 e. The van der Waals surface area contributed by atoms with Crippen molar-refractivity contribution >= 4 is 18.0 Å². The maximum Gasteiger partial charge on any atom is 0.339 e. The molecule has 200 valence electrons. The van der Waals surface area contributed by atoms with E-state index < -0.39 is 40.9 Å². The second kappa shape index (κ2) is 9.70. The van der Waals surface area contributed by atoms with E-state index in [0.29, 0.717) is 5.69 Å². The van der Waals surface area contributed by atoms with E-state index in [9.17, 15) is 19.8 Å². The number of aliphatic hydroxyl groups is 2. The molecular weight excluding hydrogens is 476 g/mol. The van der Waals surface area contributed by atoms with E-state index >= 15 is 0 Å². The van der Waals surface area contributed by atoms with Gasteiger partial charge in [0.15, 0.2) is 0 Å². The summed E-state index contributed by atoms with van der Waals surface area (Å²) < 4.78 is 18.8. The third kappa shape index (κ3) is 5.21. The van der Waals surface area contributed by atoms with Gasteiger partial charge in [-0.3, -0.25) is 0 Å². The lowest BCUT2D eigenvalue weighted by molar-refractivity contribution is -0.218. The van der Waals surface area contributed by atoms with Crippen LogP contribution in [0, 0.1) is 23.7 Å². The van der Waals surface area contributed by atoms with Gasteiger partial charge in [0.05, 0.1) is 30.3 Å². The largest absolute Gasteiger partial charge is 0.466 e. The monoisotopic (exact) mass is 512 g/mol. The lowest BCUT2D eigenvalue weighted by Gasteiger charge is -2.45. The van der Waals surface area contributed by atoms with Crippen LogP contribution in [0.15, 0.2) is 54.6 Å². The normalized spacial score (nSPS) is 38.5. The second-order valence-corrected chi connectivity index (χ2v) is 10.9. The van der Waals surface area contributed by atoms with Crippen molar-refractivity contribution in [2.24, 2.45) is 30.7 Å². The molecule has 37 heavy (non-hydrogen) atoms. The van der Waals surface area contributed by atoms with Gasteiger partial charge >= 0.3 is 11.9 Å². The van der Waals surface area contributed by atoms with Gasteiger partial charge in [0.2, 0.25) is 5.79 Å². The van der Waals surface area contributed by atoms with Crippen LogP contribution in [0.5, 0.6) is 0 Å². The number of hydrogen-bond donors (Lipinski definition) is 2. The zero-order chi connectivity index (χ0) is 27.2. The molecule has 9 nitrogen and oxygen atoms in total. The fraction of sp³-hybridized carbons (Fsp3) is 0.536. The number of carbonyl (C=O) groups is 2. The molecule has 2 bridgehead atoms. The van der Waals surface area contributed by atoms with Crippen LogP contribution in [0.25, 0.3) is 6.08 Å². The molecule has 3 heterocycles. The molecule has 7 atom stereocenters. The van der Waals surface area contributed by atoms with Crippen molar-refractivity contribution in [3.05, 3.63) is 60.2 Å². The van der Waals surface area contributed by atoms with Crippen LogP contribution in [0.1, 0.15) is 39.8 Å². The first-order valence-electron chi connectivity index (χ1n) is 12.5. The van der Waals surface area contributed by atoms with E-state index in [-0.39, 0.29) is 29.7 Å². The van der Waals surface area contributed by atoms with Crippen molar-refractivity contribution in [3.8, 4) is 0 Å². The Morgan fingerprint density at radius 3 is 2.59 bits per heavy atom. The van der Waals surface area contributed by atoms with Gasteiger partial charge in [0.1, 0.15) is 11.7 Å². The fourth-order valence-electron chi connectivity index (χ4n) is 5.62. The van der Waals surface area contributed by atoms with Crippen LogP contribution in [-0.2, 0) is 30.8 Å². The third-order valence-corrected chi connectivity index (χ3v) is 7.73. The Morgan fingerprint density at radius 2 is 1.97 bits per heavy atom. The maximum absolute atomic E-state index is 12.9. The lowest BCUT2D eigenvalue weighted by atomic mass is 9.62. The summed E-state index contributed by atoms with van der Waals surface area (Å²) in [6, 6.07) is 0. The maximum atomic E-state index is 12.9. The number of allylic oxidation sites excluding steroid dienone is 2. The molecule has 0 aromatic carbocycles. The Balaban J connectivity index is 1.77. The quantitative estimate of drug-likeness (QED) is 0.351. The zero-order valence-corrected chi connectivity index (χ0v) is 22.1. The Labute approximate surface area is 217 Å². The summed E-state index contributed by atoms with van der Waals surface area (Å²) in [5.41, 5.74) is -2.02. The molecule has 2 aliphatic heterocycles. The third-order valence-electron chi connectivity index (χ3n) is 7.73. The van der Waals surface area contributed by atoms with E-state index in [1.807, 2.05) is 13.1 Å². The molecule has 0 saturated carbocycles. The smallest absolute Gasteiger partial charge is 0.339 e. The van der Waals surface area contributed by atoms with E-state index in [2.05, 4.69) is 18.8 Å². The highest BCUT2D eigenvalue weighted by molar-refractivity contribution is 5.91. The highest BCUT2D eigenvalue weighted by Crippen LogP contribution is 2.49. The molecule has 2 N–H and O–H groups in total. The van der Waals surface area contributed by atoms with E-state index in [1.165, 1.54) is 19.3 Å². The van der Waals surface area contributed by atoms with Crippen molar-refractivity contribution < 1.29 is 34.0 Å². The molecule has 0 unspecified atom stereocenters. The molecule has 0 spiro atoms. The van der Waals surface area contributed by atoms with Crippen molar-refractivity contribution in [2.75, 3.05) is 7.11 Å². The van der Waals surface area contributed by atoms with Gasteiger partial charge in [-0.15, -0.1) is 0 Å². The number of esters is 2. The summed E-state index contributed by atoms with van der Waals surface area (Å²) >= 11 is 0. The Kier molecular flexibility index (Phi) is 7.09. The van der Waals surface area contributed by atoms with E-state index in [4.69, 9.17) is 14.2 Å². The van der Waals surface area contributed by atoms with Crippen LogP contribution >= 0.6 is 0 Å². The zero-order valence-electron chi connectivity index (χ0n) is 22.1. The summed E-state index contributed by atoms with van der Waals surface area (Å²) in [6.45, 7) is 7.50. The number of methoxy groups -OCH3 is 1. The van der Waals surface area contributed by atoms with E-state index in [1.54, 1.807) is 55.2 Å². The molecule has 1 aromatic rings. The number of ether oxygens (including phenoxy) is 3. The molecule has 1 aliphatic carbocycles. The van der Waals surface area contributed by atoms with Gasteiger partial charge in [-0.05, 0) is 56.3 Å². The molecular formula is C28H36N2O7. The molecule has 0 fully saturated rings. The van der Waals surface area contributed by atoms with Crippen molar-refractivity contribution in [1.29, 1.82) is 0 Å². The van der Waals surface area contributed by atoms with Gasteiger partial charge in [-0.2, -0.15) is 0 Å². The lowest BCUT2D eigenvalue weighted by Crippen LogP contribution is -2.50. The average molecular weight is 513 g/mol. The number of nitrogens with zero attached hydrogens (tertiary/aromatic N) is 2. The van der Waals surface area contributed by atoms with Crippen LogP contribution in [0.2, 0.25) is 0 Å². The highest BCUT2D eigenvalue weighted by Gasteiger charge is 2.55. The van der Waals surface area contributed by atoms with Gasteiger partial charge in [-0.25, -0.2) is 14.6 Å². The molecule has 9 heteroatoms. The standard InChI is InChI=1S/C28H36N2O7/c1-17(2)19-9-10-26(3,33)21-14-23(36-24(31)8-7-18-15-30(5)16-29-18)27(4)11-12-28(34,37-27)22(13-20(19)21)25(32)35-6/h7-13,15-17,19-21,23,33-34H,14H2,1-6H3/b8-7+,22-13-/t19-,20-,21-,23+,26+,27+,28-/m1/s1. The molecule has 0 radical (unpaired) electrons. The molecule has 3 aliphatic rings. The predicted molar refractivity (Wildman–Crippen MR) is 135 cm³/mol. The summed E-state index contributed by atoms with van der Waals surface area (Å²) in [5.74, 6) is -4.16. The number of fused-ring (bicyclic) bond motifs is 3. The number of aromatic nitrogens is 2. The van der Waals surface area contributed by atoms with Gasteiger partial charge < -0.3 is 29.0 Å². The summed E-state index contributed by atoms with van der Waals surface area (Å²) in [7, 11) is 3.07. The summed E-state index contributed by atoms with van der Waals surface area (Å²) in [4.78, 5) is 30.0. The predicted octanol–water partition coefficient (Wildman–Crippen LogP) is 2.71. The van der Waals surface area contributed by atoms with Crippen molar-refractivity contribution in [2.45, 2.75) is 57.2 Å². The van der Waals surface area contributed by atoms with Gasteiger partial charge in [0.25, 0.3) is 0 Å². The second-order valence-electron chi connectivity index (χ2n) is 10.9.